The number of carboxylic acid groups (broad SMARTS) is 1. The van der Waals surface area contributed by atoms with Crippen molar-refractivity contribution in [1.29, 1.82) is 0 Å². The highest BCUT2D eigenvalue weighted by Crippen LogP contribution is 2.41. The Morgan fingerprint density at radius 1 is 0.957 bits per heavy atom. The first kappa shape index (κ1) is 20.4. The summed E-state index contributed by atoms with van der Waals surface area (Å²) in [5, 5.41) is 8.22. The fourth-order valence-corrected chi connectivity index (χ4v) is 3.20. The molecule has 8 heteroatoms. The van der Waals surface area contributed by atoms with Gasteiger partial charge in [0.2, 0.25) is 0 Å². The second-order valence-electron chi connectivity index (χ2n) is 5.64. The summed E-state index contributed by atoms with van der Waals surface area (Å²) in [6, 6.07) is 0. The molecule has 1 unspecified atom stereocenters. The molecule has 0 radical (unpaired) electrons. The Morgan fingerprint density at radius 2 is 1.43 bits per heavy atom. The van der Waals surface area contributed by atoms with E-state index in [9.17, 15) is 14.7 Å². The molecule has 1 aromatic rings. The summed E-state index contributed by atoms with van der Waals surface area (Å²) >= 11 is 23.6. The van der Waals surface area contributed by atoms with Crippen molar-refractivity contribution in [2.45, 2.75) is 27.2 Å². The minimum Gasteiger partial charge on any atom is -0.478 e. The third kappa shape index (κ3) is 4.90. The Morgan fingerprint density at radius 3 is 1.87 bits per heavy atom. The van der Waals surface area contributed by atoms with Crippen LogP contribution >= 0.6 is 46.4 Å². The van der Waals surface area contributed by atoms with Crippen LogP contribution < -0.4 is 0 Å². The standard InChI is InChI=1S/C15H16Cl4O4/c1-6(2)4-7(3)5-23-15(22)9-8(14(20)21)10(16)12(18)13(19)11(9)17/h6-7H,4-5H2,1-3H3,(H,20,21). The van der Waals surface area contributed by atoms with Gasteiger partial charge in [-0.2, -0.15) is 0 Å². The van der Waals surface area contributed by atoms with E-state index >= 15 is 0 Å². The van der Waals surface area contributed by atoms with E-state index in [2.05, 4.69) is 13.8 Å². The molecular weight excluding hydrogens is 386 g/mol. The Kier molecular flexibility index (Phi) is 7.46. The van der Waals surface area contributed by atoms with Crippen LogP contribution in [0, 0.1) is 11.8 Å². The number of ether oxygens (including phenoxy) is 1. The summed E-state index contributed by atoms with van der Waals surface area (Å²) in [5.74, 6) is -1.79. The molecule has 1 N–H and O–H groups in total. The van der Waals surface area contributed by atoms with Crippen LogP contribution in [0.2, 0.25) is 20.1 Å². The van der Waals surface area contributed by atoms with Crippen molar-refractivity contribution in [2.75, 3.05) is 6.61 Å². The quantitative estimate of drug-likeness (QED) is 0.369. The number of carbonyl (C=O) groups is 2. The van der Waals surface area contributed by atoms with Crippen molar-refractivity contribution >= 4 is 58.3 Å². The first-order chi connectivity index (χ1) is 10.6. The summed E-state index contributed by atoms with van der Waals surface area (Å²) in [7, 11) is 0. The van der Waals surface area contributed by atoms with Crippen molar-refractivity contribution in [2.24, 2.45) is 11.8 Å². The fraction of sp³-hybridized carbons (Fsp3) is 0.467. The summed E-state index contributed by atoms with van der Waals surface area (Å²) in [4.78, 5) is 23.7. The highest BCUT2D eigenvalue weighted by atomic mass is 35.5. The molecule has 0 aliphatic heterocycles. The number of halogens is 4. The van der Waals surface area contributed by atoms with E-state index < -0.39 is 23.1 Å². The number of hydrogen-bond donors (Lipinski definition) is 1. The van der Waals surface area contributed by atoms with Gasteiger partial charge in [-0.05, 0) is 18.3 Å². The van der Waals surface area contributed by atoms with Gasteiger partial charge in [0.1, 0.15) is 0 Å². The molecular formula is C15H16Cl4O4. The number of carbonyl (C=O) groups excluding carboxylic acids is 1. The van der Waals surface area contributed by atoms with Crippen LogP contribution in [-0.2, 0) is 4.74 Å². The third-order valence-corrected chi connectivity index (χ3v) is 4.86. The summed E-state index contributed by atoms with van der Waals surface area (Å²) in [5.41, 5.74) is -0.914. The number of rotatable bonds is 6. The van der Waals surface area contributed by atoms with Gasteiger partial charge in [0.15, 0.2) is 0 Å². The lowest BCUT2D eigenvalue weighted by Crippen LogP contribution is -2.17. The van der Waals surface area contributed by atoms with E-state index in [1.165, 1.54) is 0 Å². The van der Waals surface area contributed by atoms with Crippen LogP contribution in [0.4, 0.5) is 0 Å². The molecule has 0 heterocycles. The van der Waals surface area contributed by atoms with E-state index in [1.54, 1.807) is 0 Å². The molecule has 1 rings (SSSR count). The molecule has 1 atom stereocenters. The molecule has 0 amide bonds. The molecule has 0 saturated heterocycles. The van der Waals surface area contributed by atoms with Crippen LogP contribution in [0.3, 0.4) is 0 Å². The topological polar surface area (TPSA) is 63.6 Å². The largest absolute Gasteiger partial charge is 0.478 e. The average Bonchev–Trinajstić information content (AvgIpc) is 2.44. The van der Waals surface area contributed by atoms with Crippen LogP contribution in [0.1, 0.15) is 47.9 Å². The summed E-state index contributed by atoms with van der Waals surface area (Å²) < 4.78 is 5.17. The Labute approximate surface area is 154 Å². The van der Waals surface area contributed by atoms with Crippen LogP contribution in [0.25, 0.3) is 0 Å². The van der Waals surface area contributed by atoms with E-state index in [-0.39, 0.29) is 32.6 Å². The molecule has 23 heavy (non-hydrogen) atoms. The van der Waals surface area contributed by atoms with Crippen molar-refractivity contribution in [1.82, 2.24) is 0 Å². The van der Waals surface area contributed by atoms with Crippen molar-refractivity contribution in [3.05, 3.63) is 31.2 Å². The smallest absolute Gasteiger partial charge is 0.340 e. The second kappa shape index (κ2) is 8.43. The zero-order chi connectivity index (χ0) is 17.9. The SMILES string of the molecule is CC(C)CC(C)COC(=O)c1c(Cl)c(Cl)c(Cl)c(Cl)c1C(=O)O. The molecule has 0 bridgehead atoms. The molecule has 0 aliphatic rings. The lowest BCUT2D eigenvalue weighted by atomic mass is 10.00. The zero-order valence-electron chi connectivity index (χ0n) is 12.8. The molecule has 128 valence electrons. The molecule has 1 aromatic carbocycles. The van der Waals surface area contributed by atoms with Crippen molar-refractivity contribution < 1.29 is 19.4 Å². The van der Waals surface area contributed by atoms with Gasteiger partial charge >= 0.3 is 11.9 Å². The van der Waals surface area contributed by atoms with Gasteiger partial charge in [0, 0.05) is 0 Å². The maximum atomic E-state index is 12.3. The first-order valence-electron chi connectivity index (χ1n) is 6.84. The molecule has 0 aromatic heterocycles. The number of aromatic carboxylic acids is 1. The van der Waals surface area contributed by atoms with Crippen molar-refractivity contribution in [3.8, 4) is 0 Å². The normalized spacial score (nSPS) is 12.3. The van der Waals surface area contributed by atoms with Gasteiger partial charge in [0.05, 0.1) is 37.8 Å². The van der Waals surface area contributed by atoms with E-state index in [1.807, 2.05) is 6.92 Å². The van der Waals surface area contributed by atoms with Crippen LogP contribution in [-0.4, -0.2) is 23.7 Å². The Hall–Kier alpha value is -0.680. The molecule has 0 saturated carbocycles. The van der Waals surface area contributed by atoms with Gasteiger partial charge in [-0.15, -0.1) is 0 Å². The highest BCUT2D eigenvalue weighted by Gasteiger charge is 2.30. The molecule has 0 aliphatic carbocycles. The number of carboxylic acids is 1. The van der Waals surface area contributed by atoms with Gasteiger partial charge in [-0.25, -0.2) is 9.59 Å². The van der Waals surface area contributed by atoms with E-state index in [4.69, 9.17) is 51.1 Å². The summed E-state index contributed by atoms with van der Waals surface area (Å²) in [6.07, 6.45) is 0.856. The van der Waals surface area contributed by atoms with Gasteiger partial charge in [-0.3, -0.25) is 0 Å². The second-order valence-corrected chi connectivity index (χ2v) is 7.16. The minimum absolute atomic E-state index is 0.115. The minimum atomic E-state index is -1.45. The molecule has 0 fully saturated rings. The van der Waals surface area contributed by atoms with E-state index in [0.29, 0.717) is 5.92 Å². The third-order valence-electron chi connectivity index (χ3n) is 3.06. The lowest BCUT2D eigenvalue weighted by Gasteiger charge is -2.16. The fourth-order valence-electron chi connectivity index (χ4n) is 2.19. The van der Waals surface area contributed by atoms with E-state index in [0.717, 1.165) is 6.42 Å². The average molecular weight is 402 g/mol. The van der Waals surface area contributed by atoms with Crippen LogP contribution in [0.5, 0.6) is 0 Å². The first-order valence-corrected chi connectivity index (χ1v) is 8.35. The maximum Gasteiger partial charge on any atom is 0.340 e. The Balaban J connectivity index is 3.16. The number of esters is 1. The van der Waals surface area contributed by atoms with Gasteiger partial charge in [0.25, 0.3) is 0 Å². The van der Waals surface area contributed by atoms with Crippen LogP contribution in [0.15, 0.2) is 0 Å². The van der Waals surface area contributed by atoms with Gasteiger partial charge in [-0.1, -0.05) is 67.2 Å². The predicted molar refractivity (Wildman–Crippen MR) is 92.3 cm³/mol. The summed E-state index contributed by atoms with van der Waals surface area (Å²) in [6.45, 7) is 6.16. The highest BCUT2D eigenvalue weighted by molar-refractivity contribution is 6.54. The maximum absolute atomic E-state index is 12.3. The predicted octanol–water partition coefficient (Wildman–Crippen LogP) is 5.84. The zero-order valence-corrected chi connectivity index (χ0v) is 15.8. The van der Waals surface area contributed by atoms with Crippen molar-refractivity contribution in [3.63, 3.8) is 0 Å². The van der Waals surface area contributed by atoms with Gasteiger partial charge < -0.3 is 9.84 Å². The number of benzene rings is 1. The number of hydrogen-bond acceptors (Lipinski definition) is 3. The molecule has 4 nitrogen and oxygen atoms in total. The Bertz CT molecular complexity index is 629. The molecule has 0 spiro atoms. The monoisotopic (exact) mass is 400 g/mol. The lowest BCUT2D eigenvalue weighted by molar-refractivity contribution is 0.0428.